The van der Waals surface area contributed by atoms with Gasteiger partial charge in [0.2, 0.25) is 0 Å². The van der Waals surface area contributed by atoms with Crippen molar-refractivity contribution in [2.45, 2.75) is 56.6 Å². The molecule has 23 heavy (non-hydrogen) atoms. The van der Waals surface area contributed by atoms with Crippen LogP contribution in [0.2, 0.25) is 0 Å². The van der Waals surface area contributed by atoms with Gasteiger partial charge in [0.05, 0.1) is 12.1 Å². The molecule has 0 aromatic heterocycles. The predicted molar refractivity (Wildman–Crippen MR) is 87.0 cm³/mol. The average molecular weight is 322 g/mol. The minimum Gasteiger partial charge on any atom is -0.388 e. The van der Waals surface area contributed by atoms with E-state index < -0.39 is 5.60 Å². The summed E-state index contributed by atoms with van der Waals surface area (Å²) < 4.78 is 5.31. The van der Waals surface area contributed by atoms with Crippen molar-refractivity contribution in [2.75, 3.05) is 26.8 Å². The third-order valence-electron chi connectivity index (χ3n) is 7.04. The first-order valence-electron chi connectivity index (χ1n) is 9.37. The molecule has 1 aliphatic heterocycles. The molecule has 4 rings (SSSR count). The molecule has 0 unspecified atom stereocenters. The Hall–Kier alpha value is -0.810. The lowest BCUT2D eigenvalue weighted by Crippen LogP contribution is -2.52. The van der Waals surface area contributed by atoms with Crippen molar-refractivity contribution in [1.29, 1.82) is 0 Å². The quantitative estimate of drug-likeness (QED) is 0.835. The number of ether oxygens (including phenoxy) is 1. The van der Waals surface area contributed by atoms with E-state index in [1.807, 2.05) is 0 Å². The van der Waals surface area contributed by atoms with Gasteiger partial charge in [-0.3, -0.25) is 0 Å². The summed E-state index contributed by atoms with van der Waals surface area (Å²) in [6.07, 6.45) is 7.90. The SMILES string of the molecule is CN(CC1(O)CCOCC1)C(=O)N[C@@H]1C[C@H]2C[C@H]1[C@H]1CCC[C@H]21. The molecule has 5 heteroatoms. The van der Waals surface area contributed by atoms with Crippen molar-refractivity contribution in [3.05, 3.63) is 0 Å². The number of carbonyl (C=O) groups excluding carboxylic acids is 1. The number of hydrogen-bond acceptors (Lipinski definition) is 3. The van der Waals surface area contributed by atoms with E-state index in [1.54, 1.807) is 11.9 Å². The Kier molecular flexibility index (Phi) is 4.04. The summed E-state index contributed by atoms with van der Waals surface area (Å²) >= 11 is 0. The van der Waals surface area contributed by atoms with Crippen LogP contribution >= 0.6 is 0 Å². The van der Waals surface area contributed by atoms with Crippen molar-refractivity contribution >= 4 is 6.03 Å². The fourth-order valence-electron chi connectivity index (χ4n) is 5.93. The van der Waals surface area contributed by atoms with Crippen molar-refractivity contribution in [2.24, 2.45) is 23.7 Å². The van der Waals surface area contributed by atoms with Gasteiger partial charge in [0.15, 0.2) is 0 Å². The van der Waals surface area contributed by atoms with E-state index in [1.165, 1.54) is 32.1 Å². The fraction of sp³-hybridized carbons (Fsp3) is 0.944. The van der Waals surface area contributed by atoms with Crippen LogP contribution in [0.15, 0.2) is 0 Å². The van der Waals surface area contributed by atoms with E-state index in [2.05, 4.69) is 5.32 Å². The van der Waals surface area contributed by atoms with Crippen LogP contribution in [0.3, 0.4) is 0 Å². The number of nitrogens with zero attached hydrogens (tertiary/aromatic N) is 1. The van der Waals surface area contributed by atoms with Crippen LogP contribution in [0.1, 0.15) is 44.9 Å². The minimum absolute atomic E-state index is 0.0167. The second-order valence-corrected chi connectivity index (χ2v) is 8.40. The Bertz CT molecular complexity index is 463. The van der Waals surface area contributed by atoms with Crippen LogP contribution in [0.5, 0.6) is 0 Å². The number of nitrogens with one attached hydrogen (secondary N) is 1. The number of carbonyl (C=O) groups is 1. The molecule has 1 heterocycles. The number of rotatable bonds is 3. The molecule has 0 aromatic carbocycles. The second-order valence-electron chi connectivity index (χ2n) is 8.40. The van der Waals surface area contributed by atoms with E-state index in [0.717, 1.165) is 17.8 Å². The minimum atomic E-state index is -0.782. The number of urea groups is 1. The van der Waals surface area contributed by atoms with Crippen LogP contribution in [0, 0.1) is 23.7 Å². The Balaban J connectivity index is 1.31. The van der Waals surface area contributed by atoms with E-state index in [-0.39, 0.29) is 6.03 Å². The molecular formula is C18H30N2O3. The molecule has 2 amide bonds. The summed E-state index contributed by atoms with van der Waals surface area (Å²) in [6, 6.07) is 0.343. The topological polar surface area (TPSA) is 61.8 Å². The molecule has 4 fully saturated rings. The number of hydrogen-bond donors (Lipinski definition) is 2. The lowest BCUT2D eigenvalue weighted by Gasteiger charge is -2.37. The Morgan fingerprint density at radius 3 is 2.74 bits per heavy atom. The maximum atomic E-state index is 12.6. The Morgan fingerprint density at radius 2 is 1.96 bits per heavy atom. The first-order valence-corrected chi connectivity index (χ1v) is 9.37. The van der Waals surface area contributed by atoms with Crippen LogP contribution in [-0.4, -0.2) is 54.5 Å². The molecule has 0 aromatic rings. The first kappa shape index (κ1) is 15.7. The van der Waals surface area contributed by atoms with Gasteiger partial charge in [0.1, 0.15) is 0 Å². The first-order chi connectivity index (χ1) is 11.1. The normalized spacial score (nSPS) is 40.9. The molecule has 3 aliphatic carbocycles. The van der Waals surface area contributed by atoms with Gasteiger partial charge < -0.3 is 20.1 Å². The van der Waals surface area contributed by atoms with Gasteiger partial charge in [-0.1, -0.05) is 6.42 Å². The van der Waals surface area contributed by atoms with Crippen LogP contribution in [0.25, 0.3) is 0 Å². The zero-order valence-corrected chi connectivity index (χ0v) is 14.2. The molecular weight excluding hydrogens is 292 g/mol. The second kappa shape index (κ2) is 5.92. The standard InChI is InChI=1S/C18H30N2O3/c1-20(11-18(22)5-7-23-8-6-18)17(21)19-16-10-12-9-15(16)14-4-2-3-13(12)14/h12-16,22H,2-11H2,1H3,(H,19,21)/t12-,13-,14+,15+,16-/m1/s1. The summed E-state index contributed by atoms with van der Waals surface area (Å²) in [6.45, 7) is 1.57. The smallest absolute Gasteiger partial charge is 0.317 e. The molecule has 5 atom stereocenters. The molecule has 1 saturated heterocycles. The molecule has 3 saturated carbocycles. The molecule has 0 radical (unpaired) electrons. The molecule has 2 N–H and O–H groups in total. The highest BCUT2D eigenvalue weighted by molar-refractivity contribution is 5.74. The third-order valence-corrected chi connectivity index (χ3v) is 7.04. The van der Waals surface area contributed by atoms with Gasteiger partial charge in [0, 0.05) is 39.1 Å². The Labute approximate surface area is 138 Å². The molecule has 5 nitrogen and oxygen atoms in total. The van der Waals surface area contributed by atoms with Crippen LogP contribution in [-0.2, 0) is 4.74 Å². The zero-order chi connectivity index (χ0) is 16.0. The zero-order valence-electron chi connectivity index (χ0n) is 14.2. The molecule has 2 bridgehead atoms. The number of fused-ring (bicyclic) bond motifs is 5. The van der Waals surface area contributed by atoms with Crippen LogP contribution in [0.4, 0.5) is 4.79 Å². The summed E-state index contributed by atoms with van der Waals surface area (Å²) in [5, 5.41) is 13.9. The van der Waals surface area contributed by atoms with Crippen molar-refractivity contribution in [3.63, 3.8) is 0 Å². The molecule has 130 valence electrons. The highest BCUT2D eigenvalue weighted by Crippen LogP contribution is 2.58. The van der Waals surface area contributed by atoms with E-state index in [0.29, 0.717) is 44.6 Å². The summed E-state index contributed by atoms with van der Waals surface area (Å²) in [4.78, 5) is 14.2. The fourth-order valence-corrected chi connectivity index (χ4v) is 5.93. The highest BCUT2D eigenvalue weighted by atomic mass is 16.5. The van der Waals surface area contributed by atoms with Crippen molar-refractivity contribution in [3.8, 4) is 0 Å². The van der Waals surface area contributed by atoms with Gasteiger partial charge in [-0.2, -0.15) is 0 Å². The van der Waals surface area contributed by atoms with Gasteiger partial charge >= 0.3 is 6.03 Å². The summed E-state index contributed by atoms with van der Waals surface area (Å²) in [5.41, 5.74) is -0.782. The van der Waals surface area contributed by atoms with Gasteiger partial charge in [-0.15, -0.1) is 0 Å². The number of amides is 2. The highest BCUT2D eigenvalue weighted by Gasteiger charge is 2.54. The van der Waals surface area contributed by atoms with Crippen molar-refractivity contribution in [1.82, 2.24) is 10.2 Å². The molecule has 0 spiro atoms. The number of likely N-dealkylation sites (N-methyl/N-ethyl adjacent to an activating group) is 1. The predicted octanol–water partition coefficient (Wildman–Crippen LogP) is 1.99. The largest absolute Gasteiger partial charge is 0.388 e. The van der Waals surface area contributed by atoms with Gasteiger partial charge in [-0.25, -0.2) is 4.79 Å². The lowest BCUT2D eigenvalue weighted by molar-refractivity contribution is -0.0723. The van der Waals surface area contributed by atoms with Gasteiger partial charge in [0.25, 0.3) is 0 Å². The molecule has 4 aliphatic rings. The van der Waals surface area contributed by atoms with Crippen molar-refractivity contribution < 1.29 is 14.6 Å². The van der Waals surface area contributed by atoms with E-state index in [9.17, 15) is 9.90 Å². The van der Waals surface area contributed by atoms with E-state index >= 15 is 0 Å². The van der Waals surface area contributed by atoms with E-state index in [4.69, 9.17) is 4.74 Å². The van der Waals surface area contributed by atoms with Gasteiger partial charge in [-0.05, 0) is 49.4 Å². The summed E-state index contributed by atoms with van der Waals surface area (Å²) in [5.74, 6) is 3.37. The Morgan fingerprint density at radius 1 is 1.22 bits per heavy atom. The van der Waals surface area contributed by atoms with Crippen LogP contribution < -0.4 is 5.32 Å². The summed E-state index contributed by atoms with van der Waals surface area (Å²) in [7, 11) is 1.80. The average Bonchev–Trinajstić information content (AvgIpc) is 3.19. The third kappa shape index (κ3) is 2.86. The maximum Gasteiger partial charge on any atom is 0.317 e. The number of aliphatic hydroxyl groups is 1. The lowest BCUT2D eigenvalue weighted by atomic mass is 9.79. The maximum absolute atomic E-state index is 12.6. The monoisotopic (exact) mass is 322 g/mol.